The minimum absolute atomic E-state index is 0.280. The smallest absolute Gasteiger partial charge is 0.282 e. The second-order valence-corrected chi connectivity index (χ2v) is 8.56. The van der Waals surface area contributed by atoms with E-state index in [1.165, 1.54) is 27.7 Å². The number of ether oxygens (including phenoxy) is 1. The molecular weight excluding hydrogens is 432 g/mol. The molecule has 0 radical (unpaired) electrons. The van der Waals surface area contributed by atoms with Crippen molar-refractivity contribution in [2.24, 2.45) is 15.3 Å². The average molecular weight is 449 g/mol. The highest BCUT2D eigenvalue weighted by Gasteiger charge is 2.36. The number of fused-ring (bicyclic) bond motifs is 1. The maximum Gasteiger partial charge on any atom is 0.282 e. The van der Waals surface area contributed by atoms with Gasteiger partial charge in [0, 0.05) is 10.9 Å². The number of rotatable bonds is 5. The largest absolute Gasteiger partial charge is 0.497 e. The number of para-hydroxylation sites is 1. The van der Waals surface area contributed by atoms with E-state index in [2.05, 4.69) is 25.3 Å². The molecule has 8 nitrogen and oxygen atoms in total. The highest BCUT2D eigenvalue weighted by Crippen LogP contribution is 2.32. The summed E-state index contributed by atoms with van der Waals surface area (Å²) >= 11 is 2.78. The Kier molecular flexibility index (Phi) is 5.00. The number of hydrazone groups is 1. The van der Waals surface area contributed by atoms with Crippen LogP contribution in [-0.2, 0) is 4.79 Å². The van der Waals surface area contributed by atoms with Crippen LogP contribution in [0.2, 0.25) is 0 Å². The highest BCUT2D eigenvalue weighted by atomic mass is 32.1. The van der Waals surface area contributed by atoms with E-state index in [1.807, 2.05) is 53.9 Å². The number of benzene rings is 2. The van der Waals surface area contributed by atoms with Crippen LogP contribution in [0.4, 0.5) is 10.3 Å². The lowest BCUT2D eigenvalue weighted by Crippen LogP contribution is -2.29. The first-order chi connectivity index (χ1) is 15.1. The zero-order valence-corrected chi connectivity index (χ0v) is 18.2. The van der Waals surface area contributed by atoms with E-state index < -0.39 is 6.04 Å². The van der Waals surface area contributed by atoms with Gasteiger partial charge in [0.1, 0.15) is 5.75 Å². The van der Waals surface area contributed by atoms with Crippen molar-refractivity contribution in [2.45, 2.75) is 13.0 Å². The Balaban J connectivity index is 1.35. The highest BCUT2D eigenvalue weighted by molar-refractivity contribution is 7.21. The molecular formula is C21H16N6O2S2. The molecule has 0 unspecified atom stereocenters. The molecule has 0 saturated heterocycles. The number of carbonyl (C=O) groups excluding carboxylic acids is 1. The Labute approximate surface area is 185 Å². The van der Waals surface area contributed by atoms with Gasteiger partial charge in [0.2, 0.25) is 10.3 Å². The summed E-state index contributed by atoms with van der Waals surface area (Å²) in [7, 11) is 1.62. The van der Waals surface area contributed by atoms with Crippen LogP contribution in [-0.4, -0.2) is 34.7 Å². The Hall–Kier alpha value is -3.50. The number of thiazole rings is 2. The number of nitrogens with zero attached hydrogens (tertiary/aromatic N) is 6. The topological polar surface area (TPSA) is 92.4 Å². The zero-order chi connectivity index (χ0) is 21.4. The molecule has 10 heteroatoms. The van der Waals surface area contributed by atoms with Crippen LogP contribution < -0.4 is 9.75 Å². The minimum Gasteiger partial charge on any atom is -0.497 e. The van der Waals surface area contributed by atoms with E-state index in [4.69, 9.17) is 4.74 Å². The number of hydrogen-bond donors (Lipinski definition) is 0. The number of aromatic nitrogens is 2. The van der Waals surface area contributed by atoms with Crippen molar-refractivity contribution in [3.63, 3.8) is 0 Å². The summed E-state index contributed by atoms with van der Waals surface area (Å²) in [6, 6.07) is 14.6. The van der Waals surface area contributed by atoms with Gasteiger partial charge >= 0.3 is 0 Å². The quantitative estimate of drug-likeness (QED) is 0.387. The molecule has 2 aromatic heterocycles. The number of azo groups is 1. The van der Waals surface area contributed by atoms with Gasteiger partial charge in [-0.05, 0) is 43.3 Å². The summed E-state index contributed by atoms with van der Waals surface area (Å²) in [5, 5.41) is 17.0. The zero-order valence-electron chi connectivity index (χ0n) is 16.6. The van der Waals surface area contributed by atoms with E-state index in [0.29, 0.717) is 16.0 Å². The molecule has 0 aliphatic carbocycles. The summed E-state index contributed by atoms with van der Waals surface area (Å²) < 4.78 is 6.21. The fourth-order valence-electron chi connectivity index (χ4n) is 3.09. The second-order valence-electron chi connectivity index (χ2n) is 6.72. The Morgan fingerprint density at radius 1 is 1.10 bits per heavy atom. The standard InChI is InChI=1S/C21H16N6O2S2/c1-12-18(24-25-20-22-15-5-3-4-6-17(15)31-20)19(28)27(26-12)21-23-16(11-30-21)13-7-9-14(29-2)10-8-13/h3-11,18H,1-2H3/t18-/m1/s1. The number of methoxy groups -OCH3 is 1. The summed E-state index contributed by atoms with van der Waals surface area (Å²) in [5.41, 5.74) is 3.13. The minimum atomic E-state index is -0.777. The third-order valence-corrected chi connectivity index (χ3v) is 6.43. The van der Waals surface area contributed by atoms with Crippen LogP contribution in [0.1, 0.15) is 6.92 Å². The number of anilines is 1. The van der Waals surface area contributed by atoms with Crippen LogP contribution in [0.5, 0.6) is 5.75 Å². The van der Waals surface area contributed by atoms with Crippen molar-refractivity contribution >= 4 is 54.8 Å². The van der Waals surface area contributed by atoms with Gasteiger partial charge in [0.05, 0.1) is 28.7 Å². The third kappa shape index (κ3) is 3.71. The number of carbonyl (C=O) groups is 1. The van der Waals surface area contributed by atoms with Crippen LogP contribution >= 0.6 is 22.7 Å². The van der Waals surface area contributed by atoms with Crippen molar-refractivity contribution in [2.75, 3.05) is 12.1 Å². The molecule has 0 N–H and O–H groups in total. The first kappa shape index (κ1) is 19.5. The molecule has 31 heavy (non-hydrogen) atoms. The average Bonchev–Trinajstić information content (AvgIpc) is 3.50. The maximum absolute atomic E-state index is 12.9. The van der Waals surface area contributed by atoms with E-state index in [0.717, 1.165) is 27.2 Å². The van der Waals surface area contributed by atoms with E-state index in [-0.39, 0.29) is 5.91 Å². The molecule has 0 spiro atoms. The molecule has 154 valence electrons. The van der Waals surface area contributed by atoms with Gasteiger partial charge in [0.25, 0.3) is 5.91 Å². The molecule has 4 aromatic rings. The lowest BCUT2D eigenvalue weighted by Gasteiger charge is -2.07. The maximum atomic E-state index is 12.9. The summed E-state index contributed by atoms with van der Waals surface area (Å²) in [5.74, 6) is 0.494. The molecule has 5 rings (SSSR count). The molecule has 1 atom stereocenters. The predicted molar refractivity (Wildman–Crippen MR) is 123 cm³/mol. The van der Waals surface area contributed by atoms with Crippen LogP contribution in [0.3, 0.4) is 0 Å². The normalized spacial score (nSPS) is 16.5. The van der Waals surface area contributed by atoms with E-state index in [9.17, 15) is 4.79 Å². The van der Waals surface area contributed by atoms with Gasteiger partial charge in [-0.2, -0.15) is 15.2 Å². The van der Waals surface area contributed by atoms with Gasteiger partial charge in [-0.3, -0.25) is 4.79 Å². The van der Waals surface area contributed by atoms with E-state index in [1.54, 1.807) is 14.0 Å². The van der Waals surface area contributed by atoms with Crippen molar-refractivity contribution in [1.82, 2.24) is 9.97 Å². The lowest BCUT2D eigenvalue weighted by molar-refractivity contribution is -0.117. The molecule has 3 heterocycles. The van der Waals surface area contributed by atoms with E-state index >= 15 is 0 Å². The molecule has 0 bridgehead atoms. The fraction of sp³-hybridized carbons (Fsp3) is 0.143. The lowest BCUT2D eigenvalue weighted by atomic mass is 10.2. The summed E-state index contributed by atoms with van der Waals surface area (Å²) in [6.07, 6.45) is 0. The molecule has 1 aliphatic heterocycles. The predicted octanol–water partition coefficient (Wildman–Crippen LogP) is 5.30. The van der Waals surface area contributed by atoms with Gasteiger partial charge in [-0.1, -0.05) is 23.5 Å². The van der Waals surface area contributed by atoms with Gasteiger partial charge in [-0.25, -0.2) is 9.97 Å². The van der Waals surface area contributed by atoms with Gasteiger partial charge in [-0.15, -0.1) is 16.5 Å². The SMILES string of the molecule is COc1ccc(-c2csc(N3N=C(C)[C@@H](N=Nc4nc5ccccc5s4)C3=O)n2)cc1. The molecule has 0 saturated carbocycles. The van der Waals surface area contributed by atoms with Crippen molar-refractivity contribution in [1.29, 1.82) is 0 Å². The number of amides is 1. The Morgan fingerprint density at radius 2 is 1.90 bits per heavy atom. The monoisotopic (exact) mass is 448 g/mol. The Bertz CT molecular complexity index is 1290. The van der Waals surface area contributed by atoms with Crippen molar-refractivity contribution in [3.05, 3.63) is 53.9 Å². The first-order valence-electron chi connectivity index (χ1n) is 9.38. The van der Waals surface area contributed by atoms with Gasteiger partial charge in [0.15, 0.2) is 6.04 Å². The third-order valence-electron chi connectivity index (χ3n) is 4.70. The number of hydrogen-bond acceptors (Lipinski definition) is 9. The van der Waals surface area contributed by atoms with Crippen molar-refractivity contribution in [3.8, 4) is 17.0 Å². The fourth-order valence-corrected chi connectivity index (χ4v) is 4.67. The van der Waals surface area contributed by atoms with Crippen molar-refractivity contribution < 1.29 is 9.53 Å². The molecule has 1 amide bonds. The van der Waals surface area contributed by atoms with Crippen LogP contribution in [0, 0.1) is 0 Å². The Morgan fingerprint density at radius 3 is 2.68 bits per heavy atom. The second kappa shape index (κ2) is 7.97. The van der Waals surface area contributed by atoms with Crippen LogP contribution in [0.25, 0.3) is 21.5 Å². The molecule has 2 aromatic carbocycles. The van der Waals surface area contributed by atoms with Gasteiger partial charge < -0.3 is 4.74 Å². The van der Waals surface area contributed by atoms with Crippen LogP contribution in [0.15, 0.2) is 69.2 Å². The summed E-state index contributed by atoms with van der Waals surface area (Å²) in [6.45, 7) is 1.76. The first-order valence-corrected chi connectivity index (χ1v) is 11.1. The molecule has 0 fully saturated rings. The summed E-state index contributed by atoms with van der Waals surface area (Å²) in [4.78, 5) is 21.9. The molecule has 1 aliphatic rings.